The van der Waals surface area contributed by atoms with Gasteiger partial charge in [-0.15, -0.1) is 0 Å². The first-order valence-electron chi connectivity index (χ1n) is 6.91. The van der Waals surface area contributed by atoms with Gasteiger partial charge in [-0.25, -0.2) is 0 Å². The molecule has 0 radical (unpaired) electrons. The number of nitrogens with zero attached hydrogens (tertiary/aromatic N) is 1. The van der Waals surface area contributed by atoms with E-state index in [9.17, 15) is 9.59 Å². The van der Waals surface area contributed by atoms with Crippen molar-refractivity contribution in [3.8, 4) is 0 Å². The van der Waals surface area contributed by atoms with Crippen LogP contribution in [0.5, 0.6) is 0 Å². The predicted molar refractivity (Wildman–Crippen MR) is 69.9 cm³/mol. The van der Waals surface area contributed by atoms with Crippen molar-refractivity contribution in [3.63, 3.8) is 0 Å². The second kappa shape index (κ2) is 5.55. The molecule has 100 valence electrons. The molecule has 2 fully saturated rings. The molecule has 1 aliphatic heterocycles. The second-order valence-electron chi connectivity index (χ2n) is 5.19. The van der Waals surface area contributed by atoms with Crippen LogP contribution in [-0.4, -0.2) is 35.3 Å². The largest absolute Gasteiger partial charge is 0.342 e. The summed E-state index contributed by atoms with van der Waals surface area (Å²) in [4.78, 5) is 26.3. The monoisotopic (exact) mass is 250 g/mol. The normalized spacial score (nSPS) is 28.9. The first kappa shape index (κ1) is 13.1. The summed E-state index contributed by atoms with van der Waals surface area (Å²) in [5, 5.41) is 2.89. The average Bonchev–Trinajstić information content (AvgIpc) is 3.16. The van der Waals surface area contributed by atoms with E-state index in [-0.39, 0.29) is 23.9 Å². The molecule has 2 aliphatic rings. The third kappa shape index (κ3) is 2.57. The minimum absolute atomic E-state index is 0.0417. The number of rotatable bonds is 5. The van der Waals surface area contributed by atoms with Crippen molar-refractivity contribution in [1.82, 2.24) is 10.2 Å². The third-order valence-electron chi connectivity index (χ3n) is 3.69. The lowest BCUT2D eigenvalue weighted by Crippen LogP contribution is -2.63. The molecular weight excluding hydrogens is 228 g/mol. The number of carbonyl (C=O) groups is 2. The number of allylic oxidation sites excluding steroid dienone is 1. The van der Waals surface area contributed by atoms with Crippen LogP contribution in [0.4, 0.5) is 0 Å². The summed E-state index contributed by atoms with van der Waals surface area (Å²) < 4.78 is 0. The van der Waals surface area contributed by atoms with E-state index in [0.29, 0.717) is 12.5 Å². The number of hydrogen-bond acceptors (Lipinski definition) is 2. The summed E-state index contributed by atoms with van der Waals surface area (Å²) in [7, 11) is 0. The molecule has 0 aromatic heterocycles. The van der Waals surface area contributed by atoms with Gasteiger partial charge >= 0.3 is 0 Å². The Morgan fingerprint density at radius 2 is 2.11 bits per heavy atom. The Labute approximate surface area is 108 Å². The first-order chi connectivity index (χ1) is 8.69. The standard InChI is InChI=1S/C14H22N2O2/c1-3-5-9-16-12(10-7-8-10)13(17)15-11(6-4-2)14(16)18/h3,5,10-12H,4,6-9H2,1-2H3,(H,15,17)/b5-3+. The van der Waals surface area contributed by atoms with Gasteiger partial charge in [0, 0.05) is 6.54 Å². The van der Waals surface area contributed by atoms with Crippen molar-refractivity contribution in [1.29, 1.82) is 0 Å². The van der Waals surface area contributed by atoms with Gasteiger partial charge in [0.05, 0.1) is 0 Å². The Morgan fingerprint density at radius 3 is 2.67 bits per heavy atom. The van der Waals surface area contributed by atoms with Crippen LogP contribution in [0.3, 0.4) is 0 Å². The van der Waals surface area contributed by atoms with E-state index in [0.717, 1.165) is 25.7 Å². The highest BCUT2D eigenvalue weighted by atomic mass is 16.2. The molecule has 2 atom stereocenters. The van der Waals surface area contributed by atoms with E-state index < -0.39 is 0 Å². The van der Waals surface area contributed by atoms with Gasteiger partial charge in [-0.3, -0.25) is 9.59 Å². The van der Waals surface area contributed by atoms with Gasteiger partial charge in [0.25, 0.3) is 0 Å². The maximum Gasteiger partial charge on any atom is 0.246 e. The van der Waals surface area contributed by atoms with Crippen molar-refractivity contribution in [3.05, 3.63) is 12.2 Å². The molecule has 0 spiro atoms. The summed E-state index contributed by atoms with van der Waals surface area (Å²) in [6.07, 6.45) is 7.65. The smallest absolute Gasteiger partial charge is 0.246 e. The number of amides is 2. The van der Waals surface area contributed by atoms with Gasteiger partial charge in [0.15, 0.2) is 0 Å². The first-order valence-corrected chi connectivity index (χ1v) is 6.91. The van der Waals surface area contributed by atoms with Gasteiger partial charge in [-0.1, -0.05) is 25.5 Å². The zero-order chi connectivity index (χ0) is 13.1. The van der Waals surface area contributed by atoms with Gasteiger partial charge in [-0.2, -0.15) is 0 Å². The fourth-order valence-corrected chi connectivity index (χ4v) is 2.58. The van der Waals surface area contributed by atoms with Crippen LogP contribution < -0.4 is 5.32 Å². The lowest BCUT2D eigenvalue weighted by Gasteiger charge is -2.38. The Hall–Kier alpha value is -1.32. The molecule has 4 heteroatoms. The van der Waals surface area contributed by atoms with E-state index in [1.54, 1.807) is 4.90 Å². The molecule has 0 aromatic rings. The molecule has 4 nitrogen and oxygen atoms in total. The predicted octanol–water partition coefficient (Wildman–Crippen LogP) is 1.47. The highest BCUT2D eigenvalue weighted by Crippen LogP contribution is 2.37. The fourth-order valence-electron chi connectivity index (χ4n) is 2.58. The summed E-state index contributed by atoms with van der Waals surface area (Å²) in [6.45, 7) is 4.52. The molecule has 1 aliphatic carbocycles. The lowest BCUT2D eigenvalue weighted by atomic mass is 10.0. The molecule has 0 bridgehead atoms. The Balaban J connectivity index is 2.15. The van der Waals surface area contributed by atoms with Crippen LogP contribution in [0.2, 0.25) is 0 Å². The second-order valence-corrected chi connectivity index (χ2v) is 5.19. The van der Waals surface area contributed by atoms with Crippen LogP contribution >= 0.6 is 0 Å². The molecule has 1 heterocycles. The van der Waals surface area contributed by atoms with E-state index >= 15 is 0 Å². The van der Waals surface area contributed by atoms with Crippen LogP contribution in [0.1, 0.15) is 39.5 Å². The molecule has 1 N–H and O–H groups in total. The van der Waals surface area contributed by atoms with Crippen LogP contribution in [0.15, 0.2) is 12.2 Å². The zero-order valence-electron chi connectivity index (χ0n) is 11.2. The van der Waals surface area contributed by atoms with E-state index in [4.69, 9.17) is 0 Å². The van der Waals surface area contributed by atoms with E-state index in [1.807, 2.05) is 26.0 Å². The SMILES string of the molecule is C/C=C/CN1C(=O)C(CCC)NC(=O)C1C1CC1. The van der Waals surface area contributed by atoms with Gasteiger partial charge < -0.3 is 10.2 Å². The molecule has 2 unspecified atom stereocenters. The highest BCUT2D eigenvalue weighted by molar-refractivity contribution is 5.97. The topological polar surface area (TPSA) is 49.4 Å². The fraction of sp³-hybridized carbons (Fsp3) is 0.714. The summed E-state index contributed by atoms with van der Waals surface area (Å²) in [5.41, 5.74) is 0. The van der Waals surface area contributed by atoms with Crippen molar-refractivity contribution < 1.29 is 9.59 Å². The number of hydrogen-bond donors (Lipinski definition) is 1. The number of carbonyl (C=O) groups excluding carboxylic acids is 2. The minimum atomic E-state index is -0.317. The van der Waals surface area contributed by atoms with Crippen LogP contribution in [0, 0.1) is 5.92 Å². The lowest BCUT2D eigenvalue weighted by molar-refractivity contribution is -0.149. The summed E-state index contributed by atoms with van der Waals surface area (Å²) in [5.74, 6) is 0.508. The van der Waals surface area contributed by atoms with Gasteiger partial charge in [-0.05, 0) is 32.1 Å². The molecule has 0 aromatic carbocycles. The quantitative estimate of drug-likeness (QED) is 0.751. The molecule has 1 saturated heterocycles. The third-order valence-corrected chi connectivity index (χ3v) is 3.69. The van der Waals surface area contributed by atoms with Crippen molar-refractivity contribution in [2.75, 3.05) is 6.54 Å². The Kier molecular flexibility index (Phi) is 4.04. The van der Waals surface area contributed by atoms with Crippen molar-refractivity contribution in [2.45, 2.75) is 51.6 Å². The highest BCUT2D eigenvalue weighted by Gasteiger charge is 2.47. The molecule has 1 saturated carbocycles. The van der Waals surface area contributed by atoms with Gasteiger partial charge in [0.2, 0.25) is 11.8 Å². The Bertz CT molecular complexity index is 361. The minimum Gasteiger partial charge on any atom is -0.342 e. The van der Waals surface area contributed by atoms with Crippen LogP contribution in [0.25, 0.3) is 0 Å². The molecule has 2 amide bonds. The van der Waals surface area contributed by atoms with Crippen molar-refractivity contribution in [2.24, 2.45) is 5.92 Å². The van der Waals surface area contributed by atoms with E-state index in [1.165, 1.54) is 0 Å². The maximum atomic E-state index is 12.4. The molecule has 2 rings (SSSR count). The molecule has 18 heavy (non-hydrogen) atoms. The number of nitrogens with one attached hydrogen (secondary N) is 1. The van der Waals surface area contributed by atoms with E-state index in [2.05, 4.69) is 5.32 Å². The summed E-state index contributed by atoms with van der Waals surface area (Å²) in [6, 6.07) is -0.551. The van der Waals surface area contributed by atoms with Gasteiger partial charge in [0.1, 0.15) is 12.1 Å². The maximum absolute atomic E-state index is 12.4. The molecular formula is C14H22N2O2. The Morgan fingerprint density at radius 1 is 1.39 bits per heavy atom. The van der Waals surface area contributed by atoms with Crippen LogP contribution in [-0.2, 0) is 9.59 Å². The zero-order valence-corrected chi connectivity index (χ0v) is 11.2. The van der Waals surface area contributed by atoms with Crippen molar-refractivity contribution >= 4 is 11.8 Å². The number of piperazine rings is 1. The average molecular weight is 250 g/mol. The summed E-state index contributed by atoms with van der Waals surface area (Å²) >= 11 is 0.